The minimum Gasteiger partial charge on any atom is -0.356 e. The molecular formula is C20H34N4S2. The maximum absolute atomic E-state index is 4.61. The first-order valence-electron chi connectivity index (χ1n) is 9.91. The predicted octanol–water partition coefficient (Wildman–Crippen LogP) is 3.78. The smallest absolute Gasteiger partial charge is 0.193 e. The standard InChI is InChI=1S/C20H34N4S2/c1-15(2)18-14-24(10-12-26-18)20(21-3)22-13-16-7-5-9-23(4)19(16)17-8-6-11-25-17/h6,8,11,15-16,18-19H,5,7,9-10,12-14H2,1-4H3,(H,21,22). The largest absolute Gasteiger partial charge is 0.356 e. The van der Waals surface area contributed by atoms with Crippen molar-refractivity contribution in [2.24, 2.45) is 16.8 Å². The molecule has 0 aromatic carbocycles. The maximum atomic E-state index is 4.61. The quantitative estimate of drug-likeness (QED) is 0.622. The summed E-state index contributed by atoms with van der Waals surface area (Å²) in [6.45, 7) is 9.10. The molecule has 3 unspecified atom stereocenters. The van der Waals surface area contributed by atoms with Crippen LogP contribution in [0.2, 0.25) is 0 Å². The zero-order chi connectivity index (χ0) is 18.5. The zero-order valence-corrected chi connectivity index (χ0v) is 18.3. The van der Waals surface area contributed by atoms with E-state index in [-0.39, 0.29) is 0 Å². The lowest BCUT2D eigenvalue weighted by molar-refractivity contribution is 0.124. The Balaban J connectivity index is 1.62. The molecule has 3 heterocycles. The number of rotatable bonds is 4. The van der Waals surface area contributed by atoms with Crippen LogP contribution in [0, 0.1) is 11.8 Å². The lowest BCUT2D eigenvalue weighted by Gasteiger charge is -2.40. The van der Waals surface area contributed by atoms with Gasteiger partial charge in [0.25, 0.3) is 0 Å². The van der Waals surface area contributed by atoms with Gasteiger partial charge >= 0.3 is 0 Å². The lowest BCUT2D eigenvalue weighted by Crippen LogP contribution is -2.51. The Hall–Kier alpha value is -0.720. The molecule has 2 fully saturated rings. The third kappa shape index (κ3) is 4.76. The molecule has 26 heavy (non-hydrogen) atoms. The molecule has 0 saturated carbocycles. The molecule has 6 heteroatoms. The summed E-state index contributed by atoms with van der Waals surface area (Å²) in [5.74, 6) is 3.66. The zero-order valence-electron chi connectivity index (χ0n) is 16.6. The monoisotopic (exact) mass is 394 g/mol. The number of thiophene rings is 1. The highest BCUT2D eigenvalue weighted by atomic mass is 32.2. The van der Waals surface area contributed by atoms with E-state index >= 15 is 0 Å². The van der Waals surface area contributed by atoms with Crippen LogP contribution in [-0.2, 0) is 0 Å². The number of thioether (sulfide) groups is 1. The van der Waals surface area contributed by atoms with Crippen molar-refractivity contribution in [1.29, 1.82) is 0 Å². The molecular weight excluding hydrogens is 360 g/mol. The minimum atomic E-state index is 0.537. The van der Waals surface area contributed by atoms with Gasteiger partial charge in [-0.05, 0) is 49.7 Å². The van der Waals surface area contributed by atoms with Crippen molar-refractivity contribution < 1.29 is 0 Å². The number of nitrogens with one attached hydrogen (secondary N) is 1. The van der Waals surface area contributed by atoms with Crippen molar-refractivity contribution in [3.63, 3.8) is 0 Å². The van der Waals surface area contributed by atoms with Gasteiger partial charge in [-0.15, -0.1) is 11.3 Å². The molecule has 3 rings (SSSR count). The fraction of sp³-hybridized carbons (Fsp3) is 0.750. The highest BCUT2D eigenvalue weighted by Gasteiger charge is 2.32. The Kier molecular flexibility index (Phi) is 7.29. The third-order valence-electron chi connectivity index (χ3n) is 5.71. The van der Waals surface area contributed by atoms with Gasteiger partial charge in [-0.2, -0.15) is 11.8 Å². The second-order valence-corrected chi connectivity index (χ2v) is 10.2. The number of likely N-dealkylation sites (tertiary alicyclic amines) is 1. The summed E-state index contributed by atoms with van der Waals surface area (Å²) in [6, 6.07) is 5.02. The van der Waals surface area contributed by atoms with Gasteiger partial charge in [0, 0.05) is 48.6 Å². The molecule has 0 spiro atoms. The Bertz CT molecular complexity index is 572. The molecule has 1 aromatic heterocycles. The Morgan fingerprint density at radius 2 is 2.23 bits per heavy atom. The van der Waals surface area contributed by atoms with E-state index in [1.54, 1.807) is 0 Å². The van der Waals surface area contributed by atoms with Crippen LogP contribution in [0.5, 0.6) is 0 Å². The molecule has 3 atom stereocenters. The average Bonchev–Trinajstić information content (AvgIpc) is 3.16. The van der Waals surface area contributed by atoms with E-state index in [4.69, 9.17) is 0 Å². The number of guanidine groups is 1. The van der Waals surface area contributed by atoms with Gasteiger partial charge in [0.15, 0.2) is 5.96 Å². The van der Waals surface area contributed by atoms with Crippen molar-refractivity contribution in [3.05, 3.63) is 22.4 Å². The number of piperidine rings is 1. The molecule has 2 saturated heterocycles. The van der Waals surface area contributed by atoms with E-state index in [9.17, 15) is 0 Å². The van der Waals surface area contributed by atoms with E-state index in [0.29, 0.717) is 17.2 Å². The minimum absolute atomic E-state index is 0.537. The van der Waals surface area contributed by atoms with E-state index in [2.05, 4.69) is 70.3 Å². The molecule has 2 aliphatic heterocycles. The van der Waals surface area contributed by atoms with Crippen molar-refractivity contribution in [1.82, 2.24) is 15.1 Å². The van der Waals surface area contributed by atoms with E-state index in [1.165, 1.54) is 30.0 Å². The lowest BCUT2D eigenvalue weighted by atomic mass is 9.88. The second-order valence-electron chi connectivity index (χ2n) is 7.87. The first-order valence-corrected chi connectivity index (χ1v) is 11.8. The number of nitrogens with zero attached hydrogens (tertiary/aromatic N) is 3. The molecule has 0 bridgehead atoms. The SMILES string of the molecule is CN=C(NCC1CCCN(C)C1c1cccs1)N1CCSC(C(C)C)C1. The van der Waals surface area contributed by atoms with E-state index < -0.39 is 0 Å². The Morgan fingerprint density at radius 1 is 1.38 bits per heavy atom. The summed E-state index contributed by atoms with van der Waals surface area (Å²) in [5.41, 5.74) is 0. The van der Waals surface area contributed by atoms with Crippen molar-refractivity contribution in [2.75, 3.05) is 46.0 Å². The van der Waals surface area contributed by atoms with Crippen LogP contribution < -0.4 is 5.32 Å². The molecule has 4 nitrogen and oxygen atoms in total. The number of hydrogen-bond acceptors (Lipinski definition) is 4. The van der Waals surface area contributed by atoms with E-state index in [0.717, 1.165) is 31.5 Å². The van der Waals surface area contributed by atoms with Crippen LogP contribution >= 0.6 is 23.1 Å². The van der Waals surface area contributed by atoms with Crippen LogP contribution in [0.4, 0.5) is 0 Å². The summed E-state index contributed by atoms with van der Waals surface area (Å²) in [5, 5.41) is 6.64. The van der Waals surface area contributed by atoms with Crippen LogP contribution in [0.25, 0.3) is 0 Å². The molecule has 2 aliphatic rings. The van der Waals surface area contributed by atoms with Gasteiger partial charge in [0.1, 0.15) is 0 Å². The third-order valence-corrected chi connectivity index (χ3v) is 8.20. The van der Waals surface area contributed by atoms with Crippen LogP contribution in [0.15, 0.2) is 22.5 Å². The van der Waals surface area contributed by atoms with Crippen molar-refractivity contribution in [3.8, 4) is 0 Å². The van der Waals surface area contributed by atoms with Gasteiger partial charge in [0.2, 0.25) is 0 Å². The van der Waals surface area contributed by atoms with Crippen LogP contribution in [0.1, 0.15) is 37.6 Å². The molecule has 0 aliphatic carbocycles. The fourth-order valence-electron chi connectivity index (χ4n) is 4.21. The fourth-order valence-corrected chi connectivity index (χ4v) is 6.49. The van der Waals surface area contributed by atoms with Crippen LogP contribution in [0.3, 0.4) is 0 Å². The highest BCUT2D eigenvalue weighted by molar-refractivity contribution is 8.00. The molecule has 0 amide bonds. The molecule has 1 N–H and O–H groups in total. The average molecular weight is 395 g/mol. The van der Waals surface area contributed by atoms with Gasteiger partial charge in [-0.1, -0.05) is 19.9 Å². The summed E-state index contributed by atoms with van der Waals surface area (Å²) in [7, 11) is 4.21. The summed E-state index contributed by atoms with van der Waals surface area (Å²) in [6.07, 6.45) is 2.58. The summed E-state index contributed by atoms with van der Waals surface area (Å²) < 4.78 is 0. The van der Waals surface area contributed by atoms with Crippen LogP contribution in [-0.4, -0.2) is 67.0 Å². The molecule has 1 aromatic rings. The van der Waals surface area contributed by atoms with Crippen molar-refractivity contribution >= 4 is 29.1 Å². The van der Waals surface area contributed by atoms with E-state index in [1.807, 2.05) is 18.4 Å². The predicted molar refractivity (Wildman–Crippen MR) is 116 cm³/mol. The van der Waals surface area contributed by atoms with Gasteiger partial charge in [-0.3, -0.25) is 9.89 Å². The summed E-state index contributed by atoms with van der Waals surface area (Å²) in [4.78, 5) is 11.1. The first kappa shape index (κ1) is 20.0. The molecule has 0 radical (unpaired) electrons. The maximum Gasteiger partial charge on any atom is 0.193 e. The van der Waals surface area contributed by atoms with Gasteiger partial charge in [0.05, 0.1) is 0 Å². The first-order chi connectivity index (χ1) is 12.6. The number of aliphatic imine (C=N–C) groups is 1. The van der Waals surface area contributed by atoms with Gasteiger partial charge in [-0.25, -0.2) is 0 Å². The number of hydrogen-bond donors (Lipinski definition) is 1. The van der Waals surface area contributed by atoms with Gasteiger partial charge < -0.3 is 10.2 Å². The summed E-state index contributed by atoms with van der Waals surface area (Å²) >= 11 is 4.01. The topological polar surface area (TPSA) is 30.9 Å². The second kappa shape index (κ2) is 9.47. The highest BCUT2D eigenvalue weighted by Crippen LogP contribution is 2.36. The molecule has 146 valence electrons. The Morgan fingerprint density at radius 3 is 2.92 bits per heavy atom. The van der Waals surface area contributed by atoms with Crippen molar-refractivity contribution in [2.45, 2.75) is 38.0 Å². The normalized spacial score (nSPS) is 28.6. The Labute approximate surface area is 167 Å².